The van der Waals surface area contributed by atoms with Crippen molar-refractivity contribution in [2.75, 3.05) is 5.75 Å². The number of carbonyl (C=O) groups is 1. The summed E-state index contributed by atoms with van der Waals surface area (Å²) in [7, 11) is 0. The topological polar surface area (TPSA) is 76.9 Å². The largest absolute Gasteiger partial charge is 0.350 e. The maximum absolute atomic E-state index is 12.3. The number of pyridine rings is 1. The number of nitrogens with zero attached hydrogens (tertiary/aromatic N) is 3. The zero-order valence-corrected chi connectivity index (χ0v) is 14.4. The molecule has 2 aromatic rings. The van der Waals surface area contributed by atoms with Crippen LogP contribution in [0.15, 0.2) is 40.4 Å². The minimum Gasteiger partial charge on any atom is -0.350 e. The Kier molecular flexibility index (Phi) is 5.30. The van der Waals surface area contributed by atoms with E-state index in [1.807, 2.05) is 18.2 Å². The number of nitrogens with one attached hydrogen (secondary N) is 1. The standard InChI is InChI=1S/C17H20N4O2S/c1-2-5-12-8-16(23)21-14(11-24-17(21)20-12)9-15(22)19-10-13-6-3-4-7-18-13/h3-4,6-8,14H,2,5,9-11H2,1H3,(H,19,22). The third kappa shape index (κ3) is 3.84. The van der Waals surface area contributed by atoms with Gasteiger partial charge in [-0.05, 0) is 18.6 Å². The summed E-state index contributed by atoms with van der Waals surface area (Å²) in [6.07, 6.45) is 3.74. The summed E-state index contributed by atoms with van der Waals surface area (Å²) < 4.78 is 1.66. The fourth-order valence-corrected chi connectivity index (χ4v) is 3.88. The van der Waals surface area contributed by atoms with Crippen LogP contribution in [0.4, 0.5) is 0 Å². The molecule has 7 heteroatoms. The van der Waals surface area contributed by atoms with Crippen LogP contribution in [0.2, 0.25) is 0 Å². The van der Waals surface area contributed by atoms with E-state index < -0.39 is 0 Å². The van der Waals surface area contributed by atoms with E-state index in [0.717, 1.165) is 29.4 Å². The van der Waals surface area contributed by atoms with E-state index in [1.165, 1.54) is 0 Å². The first-order valence-electron chi connectivity index (χ1n) is 8.09. The molecule has 6 nitrogen and oxygen atoms in total. The second-order valence-corrected chi connectivity index (χ2v) is 6.74. The predicted octanol–water partition coefficient (Wildman–Crippen LogP) is 1.94. The van der Waals surface area contributed by atoms with Crippen LogP contribution in [0.3, 0.4) is 0 Å². The van der Waals surface area contributed by atoms with Gasteiger partial charge in [0, 0.05) is 30.1 Å². The summed E-state index contributed by atoms with van der Waals surface area (Å²) in [6, 6.07) is 7.05. The van der Waals surface area contributed by atoms with E-state index in [1.54, 1.807) is 28.6 Å². The van der Waals surface area contributed by atoms with Crippen LogP contribution in [-0.4, -0.2) is 26.2 Å². The molecule has 1 amide bonds. The Labute approximate surface area is 144 Å². The average molecular weight is 344 g/mol. The lowest BCUT2D eigenvalue weighted by Crippen LogP contribution is -2.30. The molecule has 0 spiro atoms. The second kappa shape index (κ2) is 7.61. The van der Waals surface area contributed by atoms with Crippen LogP contribution >= 0.6 is 11.8 Å². The van der Waals surface area contributed by atoms with Gasteiger partial charge in [0.2, 0.25) is 5.91 Å². The second-order valence-electron chi connectivity index (χ2n) is 5.76. The fourth-order valence-electron chi connectivity index (χ4n) is 2.71. The van der Waals surface area contributed by atoms with Crippen molar-refractivity contribution in [3.8, 4) is 0 Å². The van der Waals surface area contributed by atoms with Gasteiger partial charge in [0.15, 0.2) is 5.16 Å². The summed E-state index contributed by atoms with van der Waals surface area (Å²) in [5, 5.41) is 3.59. The molecule has 0 saturated carbocycles. The molecule has 0 bridgehead atoms. The van der Waals surface area contributed by atoms with E-state index in [4.69, 9.17) is 0 Å². The minimum absolute atomic E-state index is 0.0593. The highest BCUT2D eigenvalue weighted by molar-refractivity contribution is 7.99. The van der Waals surface area contributed by atoms with E-state index >= 15 is 0 Å². The smallest absolute Gasteiger partial charge is 0.254 e. The van der Waals surface area contributed by atoms with Crippen molar-refractivity contribution in [2.45, 2.75) is 43.9 Å². The lowest BCUT2D eigenvalue weighted by Gasteiger charge is -2.13. The molecular formula is C17H20N4O2S. The Morgan fingerprint density at radius 3 is 3.04 bits per heavy atom. The molecule has 0 fully saturated rings. The number of amides is 1. The average Bonchev–Trinajstić information content (AvgIpc) is 2.97. The zero-order chi connectivity index (χ0) is 16.9. The predicted molar refractivity (Wildman–Crippen MR) is 93.0 cm³/mol. The first-order valence-corrected chi connectivity index (χ1v) is 9.07. The number of fused-ring (bicyclic) bond motifs is 1. The number of carbonyl (C=O) groups excluding carboxylic acids is 1. The normalized spacial score (nSPS) is 16.0. The van der Waals surface area contributed by atoms with Crippen LogP contribution in [0.1, 0.15) is 37.2 Å². The molecule has 0 radical (unpaired) electrons. The minimum atomic E-state index is -0.135. The van der Waals surface area contributed by atoms with Gasteiger partial charge >= 0.3 is 0 Å². The van der Waals surface area contributed by atoms with Crippen molar-refractivity contribution < 1.29 is 4.79 Å². The third-order valence-electron chi connectivity index (χ3n) is 3.86. The molecular weight excluding hydrogens is 324 g/mol. The van der Waals surface area contributed by atoms with Gasteiger partial charge < -0.3 is 5.32 Å². The first-order chi connectivity index (χ1) is 11.7. The van der Waals surface area contributed by atoms with Gasteiger partial charge in [-0.25, -0.2) is 4.98 Å². The number of rotatable bonds is 6. The van der Waals surface area contributed by atoms with Crippen molar-refractivity contribution in [1.29, 1.82) is 0 Å². The van der Waals surface area contributed by atoms with Gasteiger partial charge in [0.25, 0.3) is 5.56 Å². The van der Waals surface area contributed by atoms with Crippen molar-refractivity contribution >= 4 is 17.7 Å². The van der Waals surface area contributed by atoms with Gasteiger partial charge in [0.05, 0.1) is 18.3 Å². The highest BCUT2D eigenvalue weighted by Crippen LogP contribution is 2.32. The molecule has 126 valence electrons. The van der Waals surface area contributed by atoms with E-state index in [2.05, 4.69) is 22.2 Å². The van der Waals surface area contributed by atoms with Crippen molar-refractivity contribution in [1.82, 2.24) is 19.9 Å². The maximum Gasteiger partial charge on any atom is 0.254 e. The zero-order valence-electron chi connectivity index (χ0n) is 13.6. The Morgan fingerprint density at radius 2 is 2.29 bits per heavy atom. The third-order valence-corrected chi connectivity index (χ3v) is 4.96. The van der Waals surface area contributed by atoms with Gasteiger partial charge in [-0.3, -0.25) is 19.1 Å². The van der Waals surface area contributed by atoms with Gasteiger partial charge in [-0.2, -0.15) is 0 Å². The highest BCUT2D eigenvalue weighted by atomic mass is 32.2. The summed E-state index contributed by atoms with van der Waals surface area (Å²) in [4.78, 5) is 33.2. The van der Waals surface area contributed by atoms with Crippen molar-refractivity contribution in [3.05, 3.63) is 52.2 Å². The van der Waals surface area contributed by atoms with Crippen molar-refractivity contribution in [3.63, 3.8) is 0 Å². The number of hydrogen-bond acceptors (Lipinski definition) is 5. The molecule has 1 unspecified atom stereocenters. The Morgan fingerprint density at radius 1 is 1.42 bits per heavy atom. The number of thioether (sulfide) groups is 1. The molecule has 0 saturated heterocycles. The van der Waals surface area contributed by atoms with Crippen LogP contribution in [-0.2, 0) is 17.8 Å². The van der Waals surface area contributed by atoms with Gasteiger partial charge in [-0.15, -0.1) is 0 Å². The van der Waals surface area contributed by atoms with Crippen LogP contribution in [0.5, 0.6) is 0 Å². The summed E-state index contributed by atoms with van der Waals surface area (Å²) in [5.74, 6) is 0.623. The van der Waals surface area contributed by atoms with Gasteiger partial charge in [-0.1, -0.05) is 31.2 Å². The van der Waals surface area contributed by atoms with Crippen molar-refractivity contribution in [2.24, 2.45) is 0 Å². The van der Waals surface area contributed by atoms with E-state index in [9.17, 15) is 9.59 Å². The lowest BCUT2D eigenvalue weighted by molar-refractivity contribution is -0.121. The molecule has 0 aromatic carbocycles. The Hall–Kier alpha value is -2.15. The lowest BCUT2D eigenvalue weighted by atomic mass is 10.2. The van der Waals surface area contributed by atoms with E-state index in [0.29, 0.717) is 12.3 Å². The number of hydrogen-bond donors (Lipinski definition) is 1. The maximum atomic E-state index is 12.3. The van der Waals surface area contributed by atoms with Gasteiger partial charge in [0.1, 0.15) is 0 Å². The number of aryl methyl sites for hydroxylation is 1. The molecule has 3 rings (SSSR count). The highest BCUT2D eigenvalue weighted by Gasteiger charge is 2.27. The van der Waals surface area contributed by atoms with Crippen LogP contribution < -0.4 is 10.9 Å². The SMILES string of the molecule is CCCc1cc(=O)n2c(n1)SCC2CC(=O)NCc1ccccn1. The molecule has 2 aromatic heterocycles. The monoisotopic (exact) mass is 344 g/mol. The van der Waals surface area contributed by atoms with E-state index in [-0.39, 0.29) is 23.9 Å². The summed E-state index contributed by atoms with van der Waals surface area (Å²) >= 11 is 1.55. The molecule has 0 aliphatic carbocycles. The van der Waals surface area contributed by atoms with Crippen LogP contribution in [0, 0.1) is 0 Å². The first kappa shape index (κ1) is 16.7. The Bertz CT molecular complexity index is 776. The molecule has 24 heavy (non-hydrogen) atoms. The van der Waals surface area contributed by atoms with Crippen LogP contribution in [0.25, 0.3) is 0 Å². The summed E-state index contributed by atoms with van der Waals surface area (Å²) in [5.41, 5.74) is 1.59. The summed E-state index contributed by atoms with van der Waals surface area (Å²) in [6.45, 7) is 2.46. The molecule has 1 N–H and O–H groups in total. The quantitative estimate of drug-likeness (QED) is 0.811. The Balaban J connectivity index is 1.64. The number of aromatic nitrogens is 3. The molecule has 3 heterocycles. The molecule has 1 atom stereocenters. The fraction of sp³-hybridized carbons (Fsp3) is 0.412. The molecule has 1 aliphatic rings. The molecule has 1 aliphatic heterocycles.